The number of morpholine rings is 1. The average molecular weight is 472 g/mol. The fourth-order valence-corrected chi connectivity index (χ4v) is 5.60. The Labute approximate surface area is 198 Å². The van der Waals surface area contributed by atoms with Crippen LogP contribution in [0.5, 0.6) is 0 Å². The summed E-state index contributed by atoms with van der Waals surface area (Å²) in [4.78, 5) is 45.8. The first-order chi connectivity index (χ1) is 16.4. The van der Waals surface area contributed by atoms with E-state index in [0.29, 0.717) is 43.8 Å². The lowest BCUT2D eigenvalue weighted by Gasteiger charge is -2.43. The number of oxazole rings is 1. The van der Waals surface area contributed by atoms with E-state index in [-0.39, 0.29) is 24.1 Å². The van der Waals surface area contributed by atoms with Gasteiger partial charge in [-0.1, -0.05) is 51.2 Å². The van der Waals surface area contributed by atoms with Crippen LogP contribution in [0.4, 0.5) is 4.79 Å². The van der Waals surface area contributed by atoms with E-state index in [9.17, 15) is 14.4 Å². The lowest BCUT2D eigenvalue weighted by molar-refractivity contribution is -0.142. The van der Waals surface area contributed by atoms with Crippen LogP contribution in [0.1, 0.15) is 62.6 Å². The Balaban J connectivity index is 1.78. The smallest absolute Gasteiger partial charge is 0.405 e. The Bertz CT molecular complexity index is 992. The SMILES string of the molecule is CCC(C1CCCCC1)C(CC(=O)N1CCOCC1)(OC(N)=O)C(=O)c1nc2ccccc2o1. The van der Waals surface area contributed by atoms with Gasteiger partial charge in [0.05, 0.1) is 19.6 Å². The minimum absolute atomic E-state index is 0.115. The van der Waals surface area contributed by atoms with Gasteiger partial charge in [-0.3, -0.25) is 9.59 Å². The van der Waals surface area contributed by atoms with Crippen LogP contribution >= 0.6 is 0 Å². The van der Waals surface area contributed by atoms with Crippen LogP contribution in [-0.2, 0) is 14.3 Å². The first-order valence-corrected chi connectivity index (χ1v) is 12.2. The molecule has 2 N–H and O–H groups in total. The average Bonchev–Trinajstić information content (AvgIpc) is 3.29. The number of carbonyl (C=O) groups excluding carboxylic acids is 3. The van der Waals surface area contributed by atoms with Gasteiger partial charge in [0.2, 0.25) is 5.91 Å². The molecule has 2 aliphatic rings. The number of rotatable bonds is 8. The van der Waals surface area contributed by atoms with Gasteiger partial charge in [0, 0.05) is 19.0 Å². The summed E-state index contributed by atoms with van der Waals surface area (Å²) in [6.07, 6.45) is 4.13. The van der Waals surface area contributed by atoms with Crippen molar-refractivity contribution in [2.45, 2.75) is 57.5 Å². The molecule has 1 aliphatic carbocycles. The molecule has 1 aromatic carbocycles. The lowest BCUT2D eigenvalue weighted by Crippen LogP contribution is -2.56. The number of carbonyl (C=O) groups is 3. The maximum absolute atomic E-state index is 14.1. The largest absolute Gasteiger partial charge is 0.434 e. The minimum Gasteiger partial charge on any atom is -0.434 e. The second-order valence-electron chi connectivity index (χ2n) is 9.21. The number of hydrogen-bond acceptors (Lipinski definition) is 7. The second-order valence-corrected chi connectivity index (χ2v) is 9.21. The van der Waals surface area contributed by atoms with Gasteiger partial charge >= 0.3 is 6.09 Å². The summed E-state index contributed by atoms with van der Waals surface area (Å²) in [5.41, 5.74) is 4.71. The normalized spacial score (nSPS) is 20.0. The van der Waals surface area contributed by atoms with Crippen molar-refractivity contribution in [3.05, 3.63) is 30.2 Å². The van der Waals surface area contributed by atoms with Gasteiger partial charge in [0.15, 0.2) is 11.2 Å². The van der Waals surface area contributed by atoms with Crippen LogP contribution in [-0.4, -0.2) is 59.6 Å². The predicted molar refractivity (Wildman–Crippen MR) is 124 cm³/mol. The Kier molecular flexibility index (Phi) is 7.50. The predicted octanol–water partition coefficient (Wildman–Crippen LogP) is 3.70. The highest BCUT2D eigenvalue weighted by Gasteiger charge is 2.55. The molecule has 2 unspecified atom stereocenters. The number of fused-ring (bicyclic) bond motifs is 1. The summed E-state index contributed by atoms with van der Waals surface area (Å²) in [5.74, 6) is -1.34. The van der Waals surface area contributed by atoms with Gasteiger partial charge in [-0.15, -0.1) is 0 Å². The number of nitrogens with two attached hydrogens (primary N) is 1. The van der Waals surface area contributed by atoms with E-state index in [0.717, 1.165) is 32.1 Å². The lowest BCUT2D eigenvalue weighted by atomic mass is 9.67. The zero-order valence-corrected chi connectivity index (χ0v) is 19.7. The van der Waals surface area contributed by atoms with Crippen LogP contribution in [0.15, 0.2) is 28.7 Å². The molecular formula is C25H33N3O6. The molecule has 2 heterocycles. The maximum atomic E-state index is 14.1. The van der Waals surface area contributed by atoms with Crippen molar-refractivity contribution in [3.63, 3.8) is 0 Å². The molecule has 2 aromatic rings. The molecule has 0 bridgehead atoms. The zero-order chi connectivity index (χ0) is 24.1. The molecule has 1 aromatic heterocycles. The highest BCUT2D eigenvalue weighted by atomic mass is 16.6. The molecule has 2 amide bonds. The van der Waals surface area contributed by atoms with Crippen LogP contribution in [0.2, 0.25) is 0 Å². The third kappa shape index (κ3) is 4.94. The number of para-hydroxylation sites is 2. The summed E-state index contributed by atoms with van der Waals surface area (Å²) >= 11 is 0. The standard InChI is InChI=1S/C25H33N3O6/c1-2-18(17-8-4-3-5-9-17)25(34-24(26)31,16-21(29)28-12-14-32-15-13-28)22(30)23-27-19-10-6-7-11-20(19)33-23/h6-7,10-11,17-18H,2-5,8-9,12-16H2,1H3,(H2,26,31). The Morgan fingerprint density at radius 1 is 1.18 bits per heavy atom. The van der Waals surface area contributed by atoms with E-state index in [1.165, 1.54) is 0 Å². The van der Waals surface area contributed by atoms with Gasteiger partial charge in [0.1, 0.15) is 5.52 Å². The third-order valence-electron chi connectivity index (χ3n) is 7.19. The van der Waals surface area contributed by atoms with E-state index in [1.54, 1.807) is 29.2 Å². The Hall–Kier alpha value is -2.94. The summed E-state index contributed by atoms with van der Waals surface area (Å²) < 4.78 is 16.9. The van der Waals surface area contributed by atoms with E-state index in [4.69, 9.17) is 19.6 Å². The molecule has 9 heteroatoms. The third-order valence-corrected chi connectivity index (χ3v) is 7.19. The van der Waals surface area contributed by atoms with Crippen LogP contribution in [0, 0.1) is 11.8 Å². The van der Waals surface area contributed by atoms with E-state index < -0.39 is 23.4 Å². The van der Waals surface area contributed by atoms with Gasteiger partial charge in [-0.25, -0.2) is 9.78 Å². The number of benzene rings is 1. The number of Topliss-reactive ketones (excluding diaryl/α,β-unsaturated/α-hetero) is 1. The van der Waals surface area contributed by atoms with Crippen LogP contribution in [0.3, 0.4) is 0 Å². The van der Waals surface area contributed by atoms with Crippen molar-refractivity contribution < 1.29 is 28.3 Å². The van der Waals surface area contributed by atoms with E-state index in [2.05, 4.69) is 4.98 Å². The number of aromatic nitrogens is 1. The highest BCUT2D eigenvalue weighted by molar-refractivity contribution is 6.04. The number of nitrogens with zero attached hydrogens (tertiary/aromatic N) is 2. The van der Waals surface area contributed by atoms with Crippen molar-refractivity contribution in [1.82, 2.24) is 9.88 Å². The molecular weight excluding hydrogens is 438 g/mol. The Morgan fingerprint density at radius 2 is 1.88 bits per heavy atom. The van der Waals surface area contributed by atoms with Crippen molar-refractivity contribution in [2.24, 2.45) is 17.6 Å². The molecule has 0 radical (unpaired) electrons. The maximum Gasteiger partial charge on any atom is 0.405 e. The van der Waals surface area contributed by atoms with Crippen LogP contribution in [0.25, 0.3) is 11.1 Å². The molecule has 1 aliphatic heterocycles. The second kappa shape index (κ2) is 10.5. The number of ketones is 1. The fraction of sp³-hybridized carbons (Fsp3) is 0.600. The first kappa shape index (κ1) is 24.2. The summed E-state index contributed by atoms with van der Waals surface area (Å²) in [6.45, 7) is 3.64. The summed E-state index contributed by atoms with van der Waals surface area (Å²) in [7, 11) is 0. The highest BCUT2D eigenvalue weighted by Crippen LogP contribution is 2.43. The van der Waals surface area contributed by atoms with Crippen LogP contribution < -0.4 is 5.73 Å². The molecule has 9 nitrogen and oxygen atoms in total. The minimum atomic E-state index is -1.79. The summed E-state index contributed by atoms with van der Waals surface area (Å²) in [5, 5.41) is 0. The number of hydrogen-bond donors (Lipinski definition) is 1. The fourth-order valence-electron chi connectivity index (χ4n) is 5.60. The molecule has 34 heavy (non-hydrogen) atoms. The van der Waals surface area contributed by atoms with E-state index in [1.807, 2.05) is 6.92 Å². The van der Waals surface area contributed by atoms with Gasteiger partial charge < -0.3 is 24.5 Å². The van der Waals surface area contributed by atoms with E-state index >= 15 is 0 Å². The number of ether oxygens (including phenoxy) is 2. The molecule has 1 saturated heterocycles. The molecule has 0 spiro atoms. The number of amides is 2. The quantitative estimate of drug-likeness (QED) is 0.582. The van der Waals surface area contributed by atoms with Gasteiger partial charge in [-0.2, -0.15) is 0 Å². The van der Waals surface area contributed by atoms with Crippen molar-refractivity contribution in [3.8, 4) is 0 Å². The molecule has 184 valence electrons. The van der Waals surface area contributed by atoms with Gasteiger partial charge in [-0.05, 0) is 24.5 Å². The van der Waals surface area contributed by atoms with Crippen molar-refractivity contribution >= 4 is 28.9 Å². The topological polar surface area (TPSA) is 125 Å². The zero-order valence-electron chi connectivity index (χ0n) is 19.7. The Morgan fingerprint density at radius 3 is 2.53 bits per heavy atom. The van der Waals surface area contributed by atoms with Gasteiger partial charge in [0.25, 0.3) is 11.7 Å². The summed E-state index contributed by atoms with van der Waals surface area (Å²) in [6, 6.07) is 7.04. The molecule has 2 fully saturated rings. The van der Waals surface area contributed by atoms with Crippen molar-refractivity contribution in [1.29, 1.82) is 0 Å². The molecule has 2 atom stereocenters. The molecule has 1 saturated carbocycles. The monoisotopic (exact) mass is 471 g/mol. The van der Waals surface area contributed by atoms with Crippen molar-refractivity contribution in [2.75, 3.05) is 26.3 Å². The first-order valence-electron chi connectivity index (χ1n) is 12.2. The molecule has 4 rings (SSSR count). The number of primary amides is 1.